The van der Waals surface area contributed by atoms with E-state index in [2.05, 4.69) is 77.9 Å². The molecular formula is C26H39IN4O2. The molecule has 0 amide bonds. The van der Waals surface area contributed by atoms with Gasteiger partial charge in [-0.05, 0) is 49.9 Å². The van der Waals surface area contributed by atoms with E-state index >= 15 is 0 Å². The second-order valence-electron chi connectivity index (χ2n) is 8.32. The summed E-state index contributed by atoms with van der Waals surface area (Å²) >= 11 is 0. The molecule has 2 aromatic carbocycles. The van der Waals surface area contributed by atoms with Crippen LogP contribution in [0.25, 0.3) is 0 Å². The molecule has 0 bridgehead atoms. The molecule has 1 atom stereocenters. The van der Waals surface area contributed by atoms with E-state index in [4.69, 9.17) is 14.5 Å². The molecule has 1 fully saturated rings. The van der Waals surface area contributed by atoms with Gasteiger partial charge in [0, 0.05) is 57.6 Å². The van der Waals surface area contributed by atoms with Crippen LogP contribution in [0, 0.1) is 12.8 Å². The normalized spacial score (nSPS) is 15.8. The summed E-state index contributed by atoms with van der Waals surface area (Å²) in [7, 11) is 1.72. The third-order valence-electron chi connectivity index (χ3n) is 5.69. The van der Waals surface area contributed by atoms with Gasteiger partial charge in [-0.15, -0.1) is 24.0 Å². The molecule has 1 heterocycles. The molecule has 1 aliphatic rings. The van der Waals surface area contributed by atoms with Crippen molar-refractivity contribution in [3.8, 4) is 5.75 Å². The third-order valence-corrected chi connectivity index (χ3v) is 5.69. The van der Waals surface area contributed by atoms with Crippen molar-refractivity contribution in [1.82, 2.24) is 10.6 Å². The molecule has 3 rings (SSSR count). The van der Waals surface area contributed by atoms with Crippen molar-refractivity contribution in [3.63, 3.8) is 0 Å². The van der Waals surface area contributed by atoms with Crippen molar-refractivity contribution in [1.29, 1.82) is 0 Å². The standard InChI is InChI=1S/C26H38N4O2.HI/c1-4-27-26(28-18-22-13-14-30(20-22)24-9-6-5-7-10-24)29-19-23-12-11-21(2)17-25(23)32-16-8-15-31-3;/h5-7,9-12,17,22H,4,8,13-16,18-20H2,1-3H3,(H2,27,28,29);1H. The van der Waals surface area contributed by atoms with E-state index in [9.17, 15) is 0 Å². The number of halogens is 1. The number of para-hydroxylation sites is 1. The third kappa shape index (κ3) is 9.04. The summed E-state index contributed by atoms with van der Waals surface area (Å²) in [6.07, 6.45) is 2.07. The molecule has 0 saturated carbocycles. The Morgan fingerprint density at radius 3 is 2.70 bits per heavy atom. The zero-order chi connectivity index (χ0) is 22.6. The number of ether oxygens (including phenoxy) is 2. The highest BCUT2D eigenvalue weighted by Crippen LogP contribution is 2.23. The number of benzene rings is 2. The number of guanidine groups is 1. The maximum atomic E-state index is 6.01. The minimum atomic E-state index is 0. The molecule has 1 aliphatic heterocycles. The average Bonchev–Trinajstić information content (AvgIpc) is 3.29. The van der Waals surface area contributed by atoms with Crippen LogP contribution >= 0.6 is 24.0 Å². The molecule has 1 unspecified atom stereocenters. The van der Waals surface area contributed by atoms with E-state index < -0.39 is 0 Å². The lowest BCUT2D eigenvalue weighted by molar-refractivity contribution is 0.172. The number of methoxy groups -OCH3 is 1. The largest absolute Gasteiger partial charge is 0.493 e. The number of nitrogens with zero attached hydrogens (tertiary/aromatic N) is 2. The Balaban J connectivity index is 0.00000385. The van der Waals surface area contributed by atoms with E-state index in [1.165, 1.54) is 17.7 Å². The smallest absolute Gasteiger partial charge is 0.191 e. The van der Waals surface area contributed by atoms with Gasteiger partial charge in [0.1, 0.15) is 5.75 Å². The van der Waals surface area contributed by atoms with Gasteiger partial charge in [0.25, 0.3) is 0 Å². The van der Waals surface area contributed by atoms with Crippen molar-refractivity contribution >= 4 is 35.6 Å². The van der Waals surface area contributed by atoms with E-state index in [1.54, 1.807) is 7.11 Å². The summed E-state index contributed by atoms with van der Waals surface area (Å²) in [4.78, 5) is 7.30. The zero-order valence-electron chi connectivity index (χ0n) is 20.2. The number of rotatable bonds is 11. The van der Waals surface area contributed by atoms with Crippen LogP contribution in [0.3, 0.4) is 0 Å². The lowest BCUT2D eigenvalue weighted by Gasteiger charge is -2.19. The van der Waals surface area contributed by atoms with Crippen LogP contribution in [0.2, 0.25) is 0 Å². The first kappa shape index (κ1) is 27.2. The van der Waals surface area contributed by atoms with Gasteiger partial charge in [-0.25, -0.2) is 4.99 Å². The number of hydrogen-bond donors (Lipinski definition) is 2. The predicted molar refractivity (Wildman–Crippen MR) is 148 cm³/mol. The first-order valence-corrected chi connectivity index (χ1v) is 11.7. The SMILES string of the molecule is CCNC(=NCc1ccc(C)cc1OCCCOC)NCC1CCN(c2ccccc2)C1.I. The van der Waals surface area contributed by atoms with E-state index in [1.807, 2.05) is 0 Å². The van der Waals surface area contributed by atoms with Gasteiger partial charge in [0.05, 0.1) is 13.2 Å². The molecule has 33 heavy (non-hydrogen) atoms. The second kappa shape index (κ2) is 15.0. The highest BCUT2D eigenvalue weighted by molar-refractivity contribution is 14.0. The lowest BCUT2D eigenvalue weighted by Crippen LogP contribution is -2.40. The molecule has 0 aliphatic carbocycles. The van der Waals surface area contributed by atoms with Gasteiger partial charge in [-0.1, -0.05) is 30.3 Å². The maximum Gasteiger partial charge on any atom is 0.191 e. The summed E-state index contributed by atoms with van der Waals surface area (Å²) in [5.41, 5.74) is 3.60. The van der Waals surface area contributed by atoms with Crippen LogP contribution in [-0.2, 0) is 11.3 Å². The average molecular weight is 567 g/mol. The molecule has 0 spiro atoms. The van der Waals surface area contributed by atoms with Gasteiger partial charge in [-0.3, -0.25) is 0 Å². The maximum absolute atomic E-state index is 6.01. The predicted octanol–water partition coefficient (Wildman–Crippen LogP) is 4.61. The quantitative estimate of drug-likeness (QED) is 0.180. The van der Waals surface area contributed by atoms with Crippen LogP contribution in [0.1, 0.15) is 30.9 Å². The minimum Gasteiger partial charge on any atom is -0.493 e. The lowest BCUT2D eigenvalue weighted by atomic mass is 10.1. The Morgan fingerprint density at radius 2 is 1.94 bits per heavy atom. The molecule has 7 heteroatoms. The number of hydrogen-bond acceptors (Lipinski definition) is 4. The Kier molecular flexibility index (Phi) is 12.4. The fourth-order valence-corrected chi connectivity index (χ4v) is 3.93. The number of nitrogens with one attached hydrogen (secondary N) is 2. The monoisotopic (exact) mass is 566 g/mol. The van der Waals surface area contributed by atoms with Gasteiger partial charge >= 0.3 is 0 Å². The summed E-state index contributed by atoms with van der Waals surface area (Å²) in [6, 6.07) is 17.0. The molecule has 2 N–H and O–H groups in total. The fraction of sp³-hybridized carbons (Fsp3) is 0.500. The zero-order valence-corrected chi connectivity index (χ0v) is 22.5. The van der Waals surface area contributed by atoms with Crippen molar-refractivity contribution in [3.05, 3.63) is 59.7 Å². The molecule has 0 aromatic heterocycles. The highest BCUT2D eigenvalue weighted by atomic mass is 127. The van der Waals surface area contributed by atoms with Crippen molar-refractivity contribution in [2.24, 2.45) is 10.9 Å². The van der Waals surface area contributed by atoms with Crippen LogP contribution in [0.15, 0.2) is 53.5 Å². The van der Waals surface area contributed by atoms with Gasteiger partial charge in [0.2, 0.25) is 0 Å². The Bertz CT molecular complexity index is 847. The topological polar surface area (TPSA) is 58.1 Å². The molecule has 182 valence electrons. The summed E-state index contributed by atoms with van der Waals surface area (Å²) in [5, 5.41) is 6.93. The van der Waals surface area contributed by atoms with Crippen LogP contribution in [0.4, 0.5) is 5.69 Å². The number of anilines is 1. The van der Waals surface area contributed by atoms with Crippen LogP contribution in [-0.4, -0.2) is 52.5 Å². The molecular weight excluding hydrogens is 527 g/mol. The van der Waals surface area contributed by atoms with Gasteiger partial charge in [0.15, 0.2) is 5.96 Å². The fourth-order valence-electron chi connectivity index (χ4n) is 3.93. The van der Waals surface area contributed by atoms with Crippen molar-refractivity contribution in [2.75, 3.05) is 51.4 Å². The first-order chi connectivity index (χ1) is 15.7. The Morgan fingerprint density at radius 1 is 1.12 bits per heavy atom. The Labute approximate surface area is 216 Å². The van der Waals surface area contributed by atoms with E-state index in [0.29, 0.717) is 25.7 Å². The highest BCUT2D eigenvalue weighted by Gasteiger charge is 2.22. The van der Waals surface area contributed by atoms with Gasteiger partial charge in [-0.2, -0.15) is 0 Å². The van der Waals surface area contributed by atoms with Crippen LogP contribution < -0.4 is 20.3 Å². The van der Waals surface area contributed by atoms with Crippen molar-refractivity contribution in [2.45, 2.75) is 33.2 Å². The van der Waals surface area contributed by atoms with E-state index in [0.717, 1.165) is 49.9 Å². The van der Waals surface area contributed by atoms with Crippen molar-refractivity contribution < 1.29 is 9.47 Å². The molecule has 1 saturated heterocycles. The first-order valence-electron chi connectivity index (χ1n) is 11.7. The number of aryl methyl sites for hydroxylation is 1. The summed E-state index contributed by atoms with van der Waals surface area (Å²) in [5.74, 6) is 2.38. The molecule has 2 aromatic rings. The van der Waals surface area contributed by atoms with Gasteiger partial charge < -0.3 is 25.0 Å². The molecule has 0 radical (unpaired) electrons. The minimum absolute atomic E-state index is 0. The summed E-state index contributed by atoms with van der Waals surface area (Å²) in [6.45, 7) is 10.1. The Hall–Kier alpha value is -2.00. The number of aliphatic imine (C=N–C) groups is 1. The molecule has 6 nitrogen and oxygen atoms in total. The van der Waals surface area contributed by atoms with Crippen LogP contribution in [0.5, 0.6) is 5.75 Å². The second-order valence-corrected chi connectivity index (χ2v) is 8.32. The summed E-state index contributed by atoms with van der Waals surface area (Å²) < 4.78 is 11.1. The van der Waals surface area contributed by atoms with E-state index in [-0.39, 0.29) is 24.0 Å².